The summed E-state index contributed by atoms with van der Waals surface area (Å²) in [4.78, 5) is 0. The quantitative estimate of drug-likeness (QED) is 0.641. The predicted molar refractivity (Wildman–Crippen MR) is 97.7 cm³/mol. The lowest BCUT2D eigenvalue weighted by molar-refractivity contribution is -0.153. The summed E-state index contributed by atoms with van der Waals surface area (Å²) >= 11 is 6.22. The van der Waals surface area contributed by atoms with Crippen LogP contribution in [0.25, 0.3) is 0 Å². The van der Waals surface area contributed by atoms with E-state index in [0.29, 0.717) is 36.2 Å². The Hall–Kier alpha value is -2.12. The van der Waals surface area contributed by atoms with Crippen molar-refractivity contribution in [3.8, 4) is 17.2 Å². The molecular weight excluding hydrogens is 383 g/mol. The van der Waals surface area contributed by atoms with Crippen molar-refractivity contribution < 1.29 is 27.4 Å². The van der Waals surface area contributed by atoms with Crippen LogP contribution in [-0.2, 0) is 13.1 Å². The summed E-state index contributed by atoms with van der Waals surface area (Å²) in [6.07, 6.45) is -4.35. The first-order chi connectivity index (χ1) is 12.8. The minimum absolute atomic E-state index is 0.180. The lowest BCUT2D eigenvalue weighted by Gasteiger charge is -2.14. The van der Waals surface area contributed by atoms with E-state index in [2.05, 4.69) is 10.1 Å². The molecule has 0 aliphatic carbocycles. The summed E-state index contributed by atoms with van der Waals surface area (Å²) in [5.74, 6) is 1.26. The highest BCUT2D eigenvalue weighted by atomic mass is 35.5. The summed E-state index contributed by atoms with van der Waals surface area (Å²) in [5.41, 5.74) is 1.84. The van der Waals surface area contributed by atoms with Crippen molar-refractivity contribution in [2.45, 2.75) is 26.2 Å². The number of nitrogens with one attached hydrogen (secondary N) is 1. The second-order valence-electron chi connectivity index (χ2n) is 5.69. The highest BCUT2D eigenvalue weighted by Gasteiger charge is 2.28. The predicted octanol–water partition coefficient (Wildman–Crippen LogP) is 4.98. The molecule has 0 fully saturated rings. The molecular formula is C19H21ClF3NO3. The minimum Gasteiger partial charge on any atom is -0.491 e. The Kier molecular flexibility index (Phi) is 7.62. The first-order valence-corrected chi connectivity index (χ1v) is 8.68. The van der Waals surface area contributed by atoms with Gasteiger partial charge in [0.15, 0.2) is 18.1 Å². The third-order valence-corrected chi connectivity index (χ3v) is 3.84. The van der Waals surface area contributed by atoms with Gasteiger partial charge in [-0.25, -0.2) is 0 Å². The summed E-state index contributed by atoms with van der Waals surface area (Å²) < 4.78 is 51.9. The molecule has 0 unspecified atom stereocenters. The molecule has 0 aliphatic heterocycles. The second-order valence-corrected chi connectivity index (χ2v) is 6.10. The van der Waals surface area contributed by atoms with Crippen LogP contribution in [0, 0.1) is 0 Å². The molecule has 4 nitrogen and oxygen atoms in total. The summed E-state index contributed by atoms with van der Waals surface area (Å²) in [6.45, 7) is 2.14. The van der Waals surface area contributed by atoms with Gasteiger partial charge in [-0.15, -0.1) is 0 Å². The maximum atomic E-state index is 12.1. The van der Waals surface area contributed by atoms with Crippen molar-refractivity contribution in [3.05, 3.63) is 52.5 Å². The van der Waals surface area contributed by atoms with E-state index in [-0.39, 0.29) is 5.75 Å². The van der Waals surface area contributed by atoms with Crippen LogP contribution < -0.4 is 19.5 Å². The third-order valence-electron chi connectivity index (χ3n) is 3.56. The maximum Gasteiger partial charge on any atom is 0.422 e. The molecule has 0 saturated carbocycles. The number of methoxy groups -OCH3 is 1. The van der Waals surface area contributed by atoms with E-state index >= 15 is 0 Å². The second kappa shape index (κ2) is 9.71. The van der Waals surface area contributed by atoms with E-state index in [1.807, 2.05) is 13.0 Å². The molecule has 8 heteroatoms. The highest BCUT2D eigenvalue weighted by molar-refractivity contribution is 6.32. The van der Waals surface area contributed by atoms with Crippen LogP contribution in [-0.4, -0.2) is 26.5 Å². The number of halogens is 4. The van der Waals surface area contributed by atoms with Crippen LogP contribution in [0.3, 0.4) is 0 Å². The van der Waals surface area contributed by atoms with E-state index in [4.69, 9.17) is 21.1 Å². The van der Waals surface area contributed by atoms with Gasteiger partial charge in [0.25, 0.3) is 0 Å². The molecule has 0 atom stereocenters. The van der Waals surface area contributed by atoms with Gasteiger partial charge in [-0.1, -0.05) is 23.7 Å². The Labute approximate surface area is 161 Å². The van der Waals surface area contributed by atoms with E-state index in [0.717, 1.165) is 11.1 Å². The number of hydrogen-bond acceptors (Lipinski definition) is 4. The molecule has 148 valence electrons. The van der Waals surface area contributed by atoms with Crippen molar-refractivity contribution in [1.29, 1.82) is 0 Å². The van der Waals surface area contributed by atoms with Crippen LogP contribution in [0.15, 0.2) is 36.4 Å². The Morgan fingerprint density at radius 1 is 1.00 bits per heavy atom. The van der Waals surface area contributed by atoms with Crippen LogP contribution in [0.2, 0.25) is 5.02 Å². The van der Waals surface area contributed by atoms with Crippen LogP contribution in [0.4, 0.5) is 13.2 Å². The standard InChI is InChI=1S/C19H21ClF3NO3/c1-3-26-17-9-14(8-16(20)18(17)25-2)11-24-10-13-4-6-15(7-5-13)27-12-19(21,22)23/h4-9,24H,3,10-12H2,1-2H3. The van der Waals surface area contributed by atoms with Crippen molar-refractivity contribution in [2.24, 2.45) is 0 Å². The van der Waals surface area contributed by atoms with Gasteiger partial charge >= 0.3 is 6.18 Å². The number of ether oxygens (including phenoxy) is 3. The normalized spacial score (nSPS) is 11.3. The van der Waals surface area contributed by atoms with Gasteiger partial charge in [0.2, 0.25) is 0 Å². The van der Waals surface area contributed by atoms with E-state index < -0.39 is 12.8 Å². The first kappa shape index (κ1) is 21.2. The van der Waals surface area contributed by atoms with Crippen molar-refractivity contribution in [1.82, 2.24) is 5.32 Å². The van der Waals surface area contributed by atoms with Gasteiger partial charge in [-0.05, 0) is 42.3 Å². The van der Waals surface area contributed by atoms with Crippen LogP contribution in [0.1, 0.15) is 18.1 Å². The average molecular weight is 404 g/mol. The summed E-state index contributed by atoms with van der Waals surface area (Å²) in [6, 6.07) is 10.1. The molecule has 2 aromatic carbocycles. The summed E-state index contributed by atoms with van der Waals surface area (Å²) in [7, 11) is 1.53. The Balaban J connectivity index is 1.90. The molecule has 2 rings (SSSR count). The molecule has 27 heavy (non-hydrogen) atoms. The van der Waals surface area contributed by atoms with Gasteiger partial charge in [0.1, 0.15) is 5.75 Å². The minimum atomic E-state index is -4.35. The monoisotopic (exact) mass is 403 g/mol. The van der Waals surface area contributed by atoms with Gasteiger partial charge in [-0.2, -0.15) is 13.2 Å². The molecule has 0 amide bonds. The fourth-order valence-electron chi connectivity index (χ4n) is 2.40. The molecule has 0 aliphatic rings. The number of benzene rings is 2. The zero-order valence-electron chi connectivity index (χ0n) is 15.0. The molecule has 0 bridgehead atoms. The molecule has 0 radical (unpaired) electrons. The highest BCUT2D eigenvalue weighted by Crippen LogP contribution is 2.36. The fourth-order valence-corrected chi connectivity index (χ4v) is 2.71. The van der Waals surface area contributed by atoms with Crippen LogP contribution in [0.5, 0.6) is 17.2 Å². The maximum absolute atomic E-state index is 12.1. The summed E-state index contributed by atoms with van der Waals surface area (Å²) in [5, 5.41) is 3.72. The van der Waals surface area contributed by atoms with Crippen molar-refractivity contribution >= 4 is 11.6 Å². The number of rotatable bonds is 9. The topological polar surface area (TPSA) is 39.7 Å². The zero-order chi connectivity index (χ0) is 19.9. The Morgan fingerprint density at radius 2 is 1.67 bits per heavy atom. The number of alkyl halides is 3. The Bertz CT molecular complexity index is 736. The lowest BCUT2D eigenvalue weighted by Crippen LogP contribution is -2.19. The number of hydrogen-bond donors (Lipinski definition) is 1. The smallest absolute Gasteiger partial charge is 0.422 e. The molecule has 0 heterocycles. The molecule has 0 aromatic heterocycles. The molecule has 1 N–H and O–H groups in total. The van der Waals surface area contributed by atoms with E-state index in [9.17, 15) is 13.2 Å². The fraction of sp³-hybridized carbons (Fsp3) is 0.368. The average Bonchev–Trinajstić information content (AvgIpc) is 2.61. The SMILES string of the molecule is CCOc1cc(CNCc2ccc(OCC(F)(F)F)cc2)cc(Cl)c1OC. The third kappa shape index (κ3) is 6.84. The Morgan fingerprint density at radius 3 is 2.26 bits per heavy atom. The lowest BCUT2D eigenvalue weighted by atomic mass is 10.1. The van der Waals surface area contributed by atoms with Crippen molar-refractivity contribution in [2.75, 3.05) is 20.3 Å². The first-order valence-electron chi connectivity index (χ1n) is 8.30. The van der Waals surface area contributed by atoms with Gasteiger partial charge in [0.05, 0.1) is 18.7 Å². The van der Waals surface area contributed by atoms with Gasteiger partial charge in [-0.3, -0.25) is 0 Å². The van der Waals surface area contributed by atoms with Gasteiger partial charge in [0, 0.05) is 13.1 Å². The van der Waals surface area contributed by atoms with Crippen molar-refractivity contribution in [3.63, 3.8) is 0 Å². The van der Waals surface area contributed by atoms with E-state index in [1.54, 1.807) is 18.2 Å². The molecule has 0 saturated heterocycles. The molecule has 2 aromatic rings. The van der Waals surface area contributed by atoms with Crippen LogP contribution >= 0.6 is 11.6 Å². The molecule has 0 spiro atoms. The van der Waals surface area contributed by atoms with Gasteiger partial charge < -0.3 is 19.5 Å². The largest absolute Gasteiger partial charge is 0.491 e. The zero-order valence-corrected chi connectivity index (χ0v) is 15.8. The van der Waals surface area contributed by atoms with E-state index in [1.165, 1.54) is 19.2 Å².